The SMILES string of the molecule is CC/C=C\C/C=C\C/C=C\C/C=C\C/C=C\CCCCCCCCCCCC(=O)OC(COC(=O)CCCCCCC/C=C\CCCCCCCC)COP(=O)([O-])OCC[N+](C)(C)C. The summed E-state index contributed by atoms with van der Waals surface area (Å²) in [4.78, 5) is 37.7. The topological polar surface area (TPSA) is 111 Å². The van der Waals surface area contributed by atoms with Gasteiger partial charge in [-0.15, -0.1) is 0 Å². The van der Waals surface area contributed by atoms with E-state index in [0.29, 0.717) is 17.4 Å². The smallest absolute Gasteiger partial charge is 0.306 e. The molecule has 0 rings (SSSR count). The van der Waals surface area contributed by atoms with Crippen LogP contribution >= 0.6 is 7.82 Å². The Kier molecular flexibility index (Phi) is 43.8. The number of likely N-dealkylation sites (N-methyl/N-ethyl adjacent to an activating group) is 1. The van der Waals surface area contributed by atoms with E-state index in [1.165, 1.54) is 77.0 Å². The Morgan fingerprint density at radius 3 is 1.34 bits per heavy atom. The van der Waals surface area contributed by atoms with Gasteiger partial charge < -0.3 is 27.9 Å². The van der Waals surface area contributed by atoms with Gasteiger partial charge in [0.1, 0.15) is 19.8 Å². The summed E-state index contributed by atoms with van der Waals surface area (Å²) < 4.78 is 34.0. The maximum atomic E-state index is 12.7. The van der Waals surface area contributed by atoms with Crippen molar-refractivity contribution in [1.29, 1.82) is 0 Å². The Morgan fingerprint density at radius 2 is 0.891 bits per heavy atom. The van der Waals surface area contributed by atoms with Crippen LogP contribution in [0.5, 0.6) is 0 Å². The van der Waals surface area contributed by atoms with Gasteiger partial charge in [-0.05, 0) is 83.5 Å². The molecule has 0 spiro atoms. The molecule has 370 valence electrons. The minimum atomic E-state index is -4.64. The molecule has 10 heteroatoms. The van der Waals surface area contributed by atoms with Crippen LogP contribution < -0.4 is 4.89 Å². The average molecular weight is 918 g/mol. The summed E-state index contributed by atoms with van der Waals surface area (Å²) in [6, 6.07) is 0. The normalized spacial score (nSPS) is 14.0. The first-order valence-electron chi connectivity index (χ1n) is 25.6. The van der Waals surface area contributed by atoms with Crippen molar-refractivity contribution >= 4 is 19.8 Å². The molecule has 64 heavy (non-hydrogen) atoms. The molecular weight excluding hydrogens is 822 g/mol. The number of quaternary nitrogens is 1. The monoisotopic (exact) mass is 918 g/mol. The van der Waals surface area contributed by atoms with E-state index in [1.807, 2.05) is 21.1 Å². The second kappa shape index (κ2) is 45.6. The van der Waals surface area contributed by atoms with Crippen LogP contribution in [-0.4, -0.2) is 70.0 Å². The first kappa shape index (κ1) is 61.5. The molecule has 9 nitrogen and oxygen atoms in total. The first-order valence-corrected chi connectivity index (χ1v) is 27.1. The highest BCUT2D eigenvalue weighted by Crippen LogP contribution is 2.38. The largest absolute Gasteiger partial charge is 0.756 e. The zero-order valence-electron chi connectivity index (χ0n) is 41.7. The van der Waals surface area contributed by atoms with Crippen LogP contribution in [0.2, 0.25) is 0 Å². The molecule has 0 amide bonds. The molecule has 0 radical (unpaired) electrons. The van der Waals surface area contributed by atoms with Crippen molar-refractivity contribution in [2.75, 3.05) is 47.5 Å². The van der Waals surface area contributed by atoms with Crippen LogP contribution in [0.25, 0.3) is 0 Å². The summed E-state index contributed by atoms with van der Waals surface area (Å²) >= 11 is 0. The van der Waals surface area contributed by atoms with Gasteiger partial charge in [0.25, 0.3) is 7.82 Å². The highest BCUT2D eigenvalue weighted by molar-refractivity contribution is 7.45. The van der Waals surface area contributed by atoms with Crippen molar-refractivity contribution < 1.29 is 42.1 Å². The van der Waals surface area contributed by atoms with E-state index >= 15 is 0 Å². The standard InChI is InChI=1S/C54H96NO8P/c1-6-8-10-12-14-16-18-20-22-23-24-25-26-27-28-29-30-31-33-35-37-39-41-43-45-47-54(57)63-52(51-62-64(58,59)61-49-48-55(3,4)5)50-60-53(56)46-44-42-40-38-36-34-32-21-19-17-15-13-11-9-7-2/h8,10,14,16,20-22,24-25,27-28,32,52H,6-7,9,11-13,15,17-19,23,26,29-31,33-51H2,1-5H3/b10-8-,16-14-,22-20-,25-24-,28-27-,32-21-. The summed E-state index contributed by atoms with van der Waals surface area (Å²) in [6.07, 6.45) is 57.9. The summed E-state index contributed by atoms with van der Waals surface area (Å²) in [7, 11) is 1.15. The summed E-state index contributed by atoms with van der Waals surface area (Å²) in [6.45, 7) is 4.10. The third kappa shape index (κ3) is 48.9. The molecule has 0 aliphatic rings. The Bertz CT molecular complexity index is 1310. The number of hydrogen-bond donors (Lipinski definition) is 0. The Morgan fingerprint density at radius 1 is 0.500 bits per heavy atom. The minimum Gasteiger partial charge on any atom is -0.756 e. The van der Waals surface area contributed by atoms with Crippen LogP contribution in [0, 0.1) is 0 Å². The van der Waals surface area contributed by atoms with E-state index in [4.69, 9.17) is 18.5 Å². The van der Waals surface area contributed by atoms with Gasteiger partial charge >= 0.3 is 11.9 Å². The molecule has 2 atom stereocenters. The molecule has 0 aliphatic carbocycles. The number of phosphoric ester groups is 1. The van der Waals surface area contributed by atoms with E-state index in [2.05, 4.69) is 86.8 Å². The van der Waals surface area contributed by atoms with E-state index < -0.39 is 32.5 Å². The fraction of sp³-hybridized carbons (Fsp3) is 0.741. The average Bonchev–Trinajstić information content (AvgIpc) is 3.25. The van der Waals surface area contributed by atoms with Gasteiger partial charge in [-0.2, -0.15) is 0 Å². The van der Waals surface area contributed by atoms with E-state index in [1.54, 1.807) is 0 Å². The predicted octanol–water partition coefficient (Wildman–Crippen LogP) is 14.7. The number of hydrogen-bond acceptors (Lipinski definition) is 8. The molecular formula is C54H96NO8P. The fourth-order valence-electron chi connectivity index (χ4n) is 6.73. The van der Waals surface area contributed by atoms with Gasteiger partial charge in [0, 0.05) is 12.8 Å². The van der Waals surface area contributed by atoms with Gasteiger partial charge in [-0.1, -0.05) is 183 Å². The number of allylic oxidation sites excluding steroid dienone is 12. The van der Waals surface area contributed by atoms with Crippen LogP contribution in [0.4, 0.5) is 0 Å². The quantitative estimate of drug-likeness (QED) is 0.0195. The summed E-state index contributed by atoms with van der Waals surface area (Å²) in [5.41, 5.74) is 0. The van der Waals surface area contributed by atoms with Crippen LogP contribution in [0.3, 0.4) is 0 Å². The zero-order valence-corrected chi connectivity index (χ0v) is 42.6. The van der Waals surface area contributed by atoms with Crippen molar-refractivity contribution in [2.45, 2.75) is 213 Å². The number of nitrogens with zero attached hydrogens (tertiary/aromatic N) is 1. The van der Waals surface area contributed by atoms with E-state index in [0.717, 1.165) is 96.3 Å². The lowest BCUT2D eigenvalue weighted by atomic mass is 10.1. The lowest BCUT2D eigenvalue weighted by Crippen LogP contribution is -2.37. The maximum Gasteiger partial charge on any atom is 0.306 e. The molecule has 0 aliphatic heterocycles. The van der Waals surface area contributed by atoms with Crippen molar-refractivity contribution in [1.82, 2.24) is 0 Å². The Hall–Kier alpha value is -2.55. The zero-order chi connectivity index (χ0) is 47.1. The summed E-state index contributed by atoms with van der Waals surface area (Å²) in [5.74, 6) is -0.852. The lowest BCUT2D eigenvalue weighted by molar-refractivity contribution is -0.870. The van der Waals surface area contributed by atoms with Gasteiger partial charge in [-0.3, -0.25) is 14.2 Å². The van der Waals surface area contributed by atoms with Gasteiger partial charge in [-0.25, -0.2) is 0 Å². The molecule has 2 unspecified atom stereocenters. The molecule has 0 heterocycles. The fourth-order valence-corrected chi connectivity index (χ4v) is 7.46. The van der Waals surface area contributed by atoms with Crippen LogP contribution in [-0.2, 0) is 32.7 Å². The first-order chi connectivity index (χ1) is 31.0. The number of carbonyl (C=O) groups excluding carboxylic acids is 2. The maximum absolute atomic E-state index is 12.7. The highest BCUT2D eigenvalue weighted by Gasteiger charge is 2.21. The highest BCUT2D eigenvalue weighted by atomic mass is 31.2. The van der Waals surface area contributed by atoms with Crippen molar-refractivity contribution in [3.63, 3.8) is 0 Å². The lowest BCUT2D eigenvalue weighted by Gasteiger charge is -2.28. The third-order valence-corrected chi connectivity index (χ3v) is 11.7. The predicted molar refractivity (Wildman–Crippen MR) is 268 cm³/mol. The molecule has 0 fully saturated rings. The van der Waals surface area contributed by atoms with E-state index in [9.17, 15) is 19.0 Å². The second-order valence-electron chi connectivity index (χ2n) is 18.1. The van der Waals surface area contributed by atoms with Crippen molar-refractivity contribution in [3.8, 4) is 0 Å². The van der Waals surface area contributed by atoms with Gasteiger partial charge in [0.2, 0.25) is 0 Å². The molecule has 0 saturated carbocycles. The van der Waals surface area contributed by atoms with Gasteiger partial charge in [0.15, 0.2) is 6.10 Å². The molecule has 0 saturated heterocycles. The number of ether oxygens (including phenoxy) is 2. The Balaban J connectivity index is 4.26. The molecule has 0 aromatic heterocycles. The molecule has 0 aromatic carbocycles. The number of carbonyl (C=O) groups is 2. The van der Waals surface area contributed by atoms with Crippen molar-refractivity contribution in [2.24, 2.45) is 0 Å². The molecule has 0 aromatic rings. The third-order valence-electron chi connectivity index (χ3n) is 10.7. The Labute approximate surface area is 393 Å². The summed E-state index contributed by atoms with van der Waals surface area (Å²) in [5, 5.41) is 0. The number of rotatable bonds is 46. The molecule has 0 bridgehead atoms. The van der Waals surface area contributed by atoms with E-state index in [-0.39, 0.29) is 26.1 Å². The number of phosphoric acid groups is 1. The van der Waals surface area contributed by atoms with Gasteiger partial charge in [0.05, 0.1) is 27.7 Å². The number of unbranched alkanes of at least 4 members (excludes halogenated alkanes) is 20. The minimum absolute atomic E-state index is 0.0362. The van der Waals surface area contributed by atoms with Crippen LogP contribution in [0.1, 0.15) is 206 Å². The van der Waals surface area contributed by atoms with Crippen molar-refractivity contribution in [3.05, 3.63) is 72.9 Å². The molecule has 0 N–H and O–H groups in total. The number of esters is 2. The van der Waals surface area contributed by atoms with Crippen LogP contribution in [0.15, 0.2) is 72.9 Å². The second-order valence-corrected chi connectivity index (χ2v) is 19.6.